The maximum Gasteiger partial charge on any atom is 0.125 e. The third-order valence-electron chi connectivity index (χ3n) is 3.52. The fourth-order valence-corrected chi connectivity index (χ4v) is 4.04. The lowest BCUT2D eigenvalue weighted by atomic mass is 10.2. The van der Waals surface area contributed by atoms with Gasteiger partial charge in [0, 0.05) is 24.1 Å². The number of hydrogen-bond donors (Lipinski definition) is 0. The quantitative estimate of drug-likeness (QED) is 0.798. The molecule has 0 N–H and O–H groups in total. The molecule has 19 heavy (non-hydrogen) atoms. The number of hydrogen-bond acceptors (Lipinski definition) is 2. The van der Waals surface area contributed by atoms with Crippen LogP contribution in [0.25, 0.3) is 11.0 Å². The first kappa shape index (κ1) is 13.3. The number of imidazole rings is 1. The van der Waals surface area contributed by atoms with Gasteiger partial charge < -0.3 is 4.57 Å². The predicted molar refractivity (Wildman–Crippen MR) is 79.6 cm³/mol. The van der Waals surface area contributed by atoms with E-state index in [1.807, 2.05) is 11.8 Å². The molecule has 0 saturated carbocycles. The Morgan fingerprint density at radius 3 is 3.11 bits per heavy atom. The van der Waals surface area contributed by atoms with Crippen LogP contribution >= 0.6 is 23.4 Å². The number of rotatable bonds is 4. The molecule has 1 saturated heterocycles. The molecule has 1 fully saturated rings. The predicted octanol–water partition coefficient (Wildman–Crippen LogP) is 3.85. The maximum absolute atomic E-state index is 13.5. The van der Waals surface area contributed by atoms with E-state index in [1.54, 1.807) is 12.1 Å². The zero-order valence-corrected chi connectivity index (χ0v) is 12.2. The van der Waals surface area contributed by atoms with Gasteiger partial charge in [-0.15, -0.1) is 11.6 Å². The second kappa shape index (κ2) is 5.71. The van der Waals surface area contributed by atoms with E-state index in [9.17, 15) is 4.39 Å². The molecule has 0 aliphatic carbocycles. The van der Waals surface area contributed by atoms with Gasteiger partial charge in [0.1, 0.15) is 11.6 Å². The van der Waals surface area contributed by atoms with Gasteiger partial charge in [0.2, 0.25) is 0 Å². The Morgan fingerprint density at radius 1 is 1.47 bits per heavy atom. The van der Waals surface area contributed by atoms with Crippen LogP contribution in [-0.2, 0) is 13.0 Å². The Hall–Kier alpha value is -0.740. The lowest BCUT2D eigenvalue weighted by Gasteiger charge is -2.13. The standard InChI is InChI=1S/C14H16ClFN2S/c15-6-5-14-17-12-4-3-10(16)8-13(12)18(14)9-11-2-1-7-19-11/h3-4,8,11H,1-2,5-7,9H2. The normalized spacial score (nSPS) is 19.4. The van der Waals surface area contributed by atoms with E-state index in [-0.39, 0.29) is 5.82 Å². The molecule has 1 unspecified atom stereocenters. The van der Waals surface area contributed by atoms with E-state index in [1.165, 1.54) is 24.7 Å². The first-order valence-corrected chi connectivity index (χ1v) is 8.18. The Bertz CT molecular complexity index is 578. The highest BCUT2D eigenvalue weighted by molar-refractivity contribution is 8.00. The summed E-state index contributed by atoms with van der Waals surface area (Å²) in [6, 6.07) is 4.80. The molecule has 0 radical (unpaired) electrons. The lowest BCUT2D eigenvalue weighted by molar-refractivity contribution is 0.616. The first-order chi connectivity index (χ1) is 9.28. The molecule has 1 aromatic heterocycles. The van der Waals surface area contributed by atoms with Crippen molar-refractivity contribution >= 4 is 34.4 Å². The summed E-state index contributed by atoms with van der Waals surface area (Å²) < 4.78 is 15.6. The van der Waals surface area contributed by atoms with Crippen LogP contribution in [0.3, 0.4) is 0 Å². The van der Waals surface area contributed by atoms with Crippen molar-refractivity contribution in [1.82, 2.24) is 9.55 Å². The van der Waals surface area contributed by atoms with E-state index in [2.05, 4.69) is 9.55 Å². The highest BCUT2D eigenvalue weighted by Crippen LogP contribution is 2.29. The molecule has 1 aliphatic rings. The average Bonchev–Trinajstić information content (AvgIpc) is 3.00. The first-order valence-electron chi connectivity index (χ1n) is 6.60. The molecule has 102 valence electrons. The molecule has 5 heteroatoms. The highest BCUT2D eigenvalue weighted by Gasteiger charge is 2.19. The number of alkyl halides is 1. The summed E-state index contributed by atoms with van der Waals surface area (Å²) in [5, 5.41) is 0.620. The average molecular weight is 299 g/mol. The van der Waals surface area contributed by atoms with Gasteiger partial charge in [-0.25, -0.2) is 9.37 Å². The van der Waals surface area contributed by atoms with Gasteiger partial charge in [-0.3, -0.25) is 0 Å². The third-order valence-corrected chi connectivity index (χ3v) is 5.09. The number of fused-ring (bicyclic) bond motifs is 1. The lowest BCUT2D eigenvalue weighted by Crippen LogP contribution is -2.13. The number of aromatic nitrogens is 2. The van der Waals surface area contributed by atoms with Crippen molar-refractivity contribution in [1.29, 1.82) is 0 Å². The van der Waals surface area contributed by atoms with Gasteiger partial charge in [-0.2, -0.15) is 11.8 Å². The maximum atomic E-state index is 13.5. The van der Waals surface area contributed by atoms with Gasteiger partial charge in [0.25, 0.3) is 0 Å². The summed E-state index contributed by atoms with van der Waals surface area (Å²) in [4.78, 5) is 4.59. The number of aryl methyl sites for hydroxylation is 1. The van der Waals surface area contributed by atoms with Crippen LogP contribution in [0.15, 0.2) is 18.2 Å². The van der Waals surface area contributed by atoms with Crippen LogP contribution in [-0.4, -0.2) is 26.4 Å². The van der Waals surface area contributed by atoms with Crippen LogP contribution in [0.4, 0.5) is 4.39 Å². The summed E-state index contributed by atoms with van der Waals surface area (Å²) in [7, 11) is 0. The smallest absolute Gasteiger partial charge is 0.125 e. The van der Waals surface area contributed by atoms with E-state index < -0.39 is 0 Å². The van der Waals surface area contributed by atoms with Crippen molar-refractivity contribution in [2.24, 2.45) is 0 Å². The van der Waals surface area contributed by atoms with Crippen molar-refractivity contribution in [2.75, 3.05) is 11.6 Å². The Labute approximate surface area is 121 Å². The van der Waals surface area contributed by atoms with Crippen LogP contribution in [0.1, 0.15) is 18.7 Å². The van der Waals surface area contributed by atoms with Gasteiger partial charge in [-0.05, 0) is 36.8 Å². The number of nitrogens with zero attached hydrogens (tertiary/aromatic N) is 2. The molecular formula is C14H16ClFN2S. The minimum atomic E-state index is -0.204. The molecule has 0 bridgehead atoms. The Kier molecular flexibility index (Phi) is 3.99. The van der Waals surface area contributed by atoms with Crippen molar-refractivity contribution in [3.8, 4) is 0 Å². The summed E-state index contributed by atoms with van der Waals surface area (Å²) in [6.07, 6.45) is 3.25. The van der Waals surface area contributed by atoms with Gasteiger partial charge in [0.05, 0.1) is 11.0 Å². The monoisotopic (exact) mass is 298 g/mol. The Morgan fingerprint density at radius 2 is 2.37 bits per heavy atom. The molecule has 1 atom stereocenters. The summed E-state index contributed by atoms with van der Waals surface area (Å²) in [5.74, 6) is 2.55. The van der Waals surface area contributed by atoms with Gasteiger partial charge >= 0.3 is 0 Å². The summed E-state index contributed by atoms with van der Waals surface area (Å²) >= 11 is 7.86. The van der Waals surface area contributed by atoms with Crippen LogP contribution in [0.2, 0.25) is 0 Å². The zero-order chi connectivity index (χ0) is 13.2. The molecule has 0 spiro atoms. The van der Waals surface area contributed by atoms with Crippen LogP contribution in [0.5, 0.6) is 0 Å². The van der Waals surface area contributed by atoms with Gasteiger partial charge in [-0.1, -0.05) is 0 Å². The molecule has 1 aromatic carbocycles. The van der Waals surface area contributed by atoms with Crippen molar-refractivity contribution in [2.45, 2.75) is 31.1 Å². The molecule has 2 nitrogen and oxygen atoms in total. The van der Waals surface area contributed by atoms with E-state index in [0.717, 1.165) is 29.8 Å². The second-order valence-corrected chi connectivity index (χ2v) is 6.63. The minimum absolute atomic E-state index is 0.204. The molecule has 2 aromatic rings. The highest BCUT2D eigenvalue weighted by atomic mass is 35.5. The van der Waals surface area contributed by atoms with Crippen molar-refractivity contribution in [3.63, 3.8) is 0 Å². The molecule has 1 aliphatic heterocycles. The number of benzene rings is 1. The minimum Gasteiger partial charge on any atom is -0.327 e. The van der Waals surface area contributed by atoms with Crippen molar-refractivity contribution in [3.05, 3.63) is 29.8 Å². The second-order valence-electron chi connectivity index (χ2n) is 4.85. The zero-order valence-electron chi connectivity index (χ0n) is 10.6. The summed E-state index contributed by atoms with van der Waals surface area (Å²) in [6.45, 7) is 0.914. The topological polar surface area (TPSA) is 17.8 Å². The van der Waals surface area contributed by atoms with Crippen LogP contribution < -0.4 is 0 Å². The largest absolute Gasteiger partial charge is 0.327 e. The van der Waals surface area contributed by atoms with Crippen LogP contribution in [0, 0.1) is 5.82 Å². The fourth-order valence-electron chi connectivity index (χ4n) is 2.62. The van der Waals surface area contributed by atoms with E-state index in [0.29, 0.717) is 11.1 Å². The molecule has 0 amide bonds. The SMILES string of the molecule is Fc1ccc2nc(CCCl)n(CC3CCCS3)c2c1. The molecule has 2 heterocycles. The van der Waals surface area contributed by atoms with E-state index in [4.69, 9.17) is 11.6 Å². The molecule has 3 rings (SSSR count). The molecular weight excluding hydrogens is 283 g/mol. The summed E-state index contributed by atoms with van der Waals surface area (Å²) in [5.41, 5.74) is 1.76. The third kappa shape index (κ3) is 2.75. The van der Waals surface area contributed by atoms with E-state index >= 15 is 0 Å². The number of thioether (sulfide) groups is 1. The number of halogens is 2. The van der Waals surface area contributed by atoms with Gasteiger partial charge in [0.15, 0.2) is 0 Å². The fraction of sp³-hybridized carbons (Fsp3) is 0.500. The Balaban J connectivity index is 2.01. The van der Waals surface area contributed by atoms with Crippen molar-refractivity contribution < 1.29 is 4.39 Å².